The fourth-order valence-corrected chi connectivity index (χ4v) is 1.13. The topological polar surface area (TPSA) is 87.6 Å². The molecule has 0 aromatic rings. The minimum absolute atomic E-state index is 0.0353. The number of hydrogen-bond donors (Lipinski definition) is 2. The van der Waals surface area contributed by atoms with Crippen molar-refractivity contribution in [1.82, 2.24) is 0 Å². The monoisotopic (exact) mass is 186 g/mol. The highest BCUT2D eigenvalue weighted by Gasteiger charge is 2.18. The van der Waals surface area contributed by atoms with Crippen molar-refractivity contribution < 1.29 is 14.3 Å². The van der Waals surface area contributed by atoms with Gasteiger partial charge >= 0.3 is 0 Å². The highest BCUT2D eigenvalue weighted by Crippen LogP contribution is 2.16. The van der Waals surface area contributed by atoms with Gasteiger partial charge in [-0.05, 0) is 12.8 Å². The lowest BCUT2D eigenvalue weighted by molar-refractivity contribution is -0.149. The molecule has 1 unspecified atom stereocenters. The number of carbonyl (C=O) groups is 1. The van der Waals surface area contributed by atoms with E-state index in [9.17, 15) is 4.79 Å². The average molecular weight is 186 g/mol. The molecule has 1 fully saturated rings. The zero-order valence-corrected chi connectivity index (χ0v) is 7.36. The molecule has 4 N–H and O–H groups in total. The van der Waals surface area contributed by atoms with Gasteiger partial charge in [-0.15, -0.1) is 0 Å². The first-order valence-electron chi connectivity index (χ1n) is 4.24. The summed E-state index contributed by atoms with van der Waals surface area (Å²) >= 11 is 0. The zero-order valence-electron chi connectivity index (χ0n) is 7.36. The van der Waals surface area contributed by atoms with Crippen LogP contribution in [0.1, 0.15) is 19.3 Å². The quantitative estimate of drug-likeness (QED) is 0.472. The number of hydrogen-bond acceptors (Lipinski definition) is 4. The van der Waals surface area contributed by atoms with Crippen LogP contribution in [0.15, 0.2) is 12.0 Å². The van der Waals surface area contributed by atoms with E-state index in [1.165, 1.54) is 0 Å². The molecule has 0 spiro atoms. The maximum atomic E-state index is 10.7. The normalized spacial score (nSPS) is 24.0. The van der Waals surface area contributed by atoms with E-state index >= 15 is 0 Å². The van der Waals surface area contributed by atoms with Crippen molar-refractivity contribution in [2.45, 2.75) is 25.6 Å². The van der Waals surface area contributed by atoms with E-state index in [4.69, 9.17) is 20.9 Å². The van der Waals surface area contributed by atoms with E-state index in [0.717, 1.165) is 25.5 Å². The molecule has 0 saturated carbocycles. The van der Waals surface area contributed by atoms with Gasteiger partial charge in [-0.2, -0.15) is 0 Å². The summed E-state index contributed by atoms with van der Waals surface area (Å²) in [6.45, 7) is 0.654. The number of primary amides is 1. The molecule has 1 aliphatic heterocycles. The molecule has 13 heavy (non-hydrogen) atoms. The second kappa shape index (κ2) is 4.71. The molecule has 5 nitrogen and oxygen atoms in total. The maximum Gasteiger partial charge on any atom is 0.285 e. The van der Waals surface area contributed by atoms with Gasteiger partial charge in [0.25, 0.3) is 5.91 Å². The fraction of sp³-hybridized carbons (Fsp3) is 0.625. The van der Waals surface area contributed by atoms with Crippen LogP contribution in [0.25, 0.3) is 0 Å². The van der Waals surface area contributed by atoms with Crippen molar-refractivity contribution in [3.63, 3.8) is 0 Å². The highest BCUT2D eigenvalue weighted by atomic mass is 16.7. The minimum Gasteiger partial charge on any atom is -0.458 e. The third-order valence-electron chi connectivity index (χ3n) is 1.79. The zero-order chi connectivity index (χ0) is 9.68. The molecule has 0 aromatic carbocycles. The molecule has 0 aromatic heterocycles. The Morgan fingerprint density at radius 3 is 2.77 bits per heavy atom. The van der Waals surface area contributed by atoms with Crippen LogP contribution >= 0.6 is 0 Å². The van der Waals surface area contributed by atoms with Gasteiger partial charge in [0.15, 0.2) is 6.29 Å². The van der Waals surface area contributed by atoms with Crippen LogP contribution in [0.3, 0.4) is 0 Å². The van der Waals surface area contributed by atoms with Gasteiger partial charge in [0, 0.05) is 12.6 Å². The number of rotatable bonds is 3. The summed E-state index contributed by atoms with van der Waals surface area (Å²) in [4.78, 5) is 10.7. The summed E-state index contributed by atoms with van der Waals surface area (Å²) in [5.41, 5.74) is 10.1. The molecule has 74 valence electrons. The van der Waals surface area contributed by atoms with Gasteiger partial charge in [0.05, 0.1) is 6.61 Å². The van der Waals surface area contributed by atoms with Crippen LogP contribution in [0.4, 0.5) is 0 Å². The first-order chi connectivity index (χ1) is 6.24. The Hall–Kier alpha value is -1.23. The van der Waals surface area contributed by atoms with Crippen molar-refractivity contribution in [2.75, 3.05) is 6.61 Å². The van der Waals surface area contributed by atoms with E-state index in [2.05, 4.69) is 0 Å². The van der Waals surface area contributed by atoms with Crippen molar-refractivity contribution in [2.24, 2.45) is 11.5 Å². The Kier molecular flexibility index (Phi) is 3.57. The summed E-state index contributed by atoms with van der Waals surface area (Å²) in [5, 5.41) is 0. The Morgan fingerprint density at radius 2 is 2.31 bits per heavy atom. The molecule has 1 saturated heterocycles. The lowest BCUT2D eigenvalue weighted by Gasteiger charge is -2.23. The largest absolute Gasteiger partial charge is 0.458 e. The van der Waals surface area contributed by atoms with Gasteiger partial charge in [-0.3, -0.25) is 4.79 Å². The first-order valence-corrected chi connectivity index (χ1v) is 4.24. The van der Waals surface area contributed by atoms with Gasteiger partial charge < -0.3 is 20.9 Å². The van der Waals surface area contributed by atoms with Gasteiger partial charge in [0.1, 0.15) is 0 Å². The fourth-order valence-electron chi connectivity index (χ4n) is 1.13. The second-order valence-electron chi connectivity index (χ2n) is 2.81. The van der Waals surface area contributed by atoms with E-state index in [0.29, 0.717) is 6.61 Å². The number of carbonyl (C=O) groups excluding carboxylic acids is 1. The van der Waals surface area contributed by atoms with Crippen LogP contribution < -0.4 is 11.5 Å². The van der Waals surface area contributed by atoms with Gasteiger partial charge in [-0.25, -0.2) is 0 Å². The molecule has 0 radical (unpaired) electrons. The summed E-state index contributed by atoms with van der Waals surface area (Å²) in [6.07, 6.45) is 3.50. The summed E-state index contributed by atoms with van der Waals surface area (Å²) in [7, 11) is 0. The lowest BCUT2D eigenvalue weighted by Crippen LogP contribution is -2.27. The number of amides is 1. The van der Waals surface area contributed by atoms with Gasteiger partial charge in [-0.1, -0.05) is 0 Å². The number of ether oxygens (including phenoxy) is 2. The van der Waals surface area contributed by atoms with Crippen LogP contribution in [-0.4, -0.2) is 18.8 Å². The predicted octanol–water partition coefficient (Wildman–Crippen LogP) is -0.185. The Morgan fingerprint density at radius 1 is 1.54 bits per heavy atom. The molecule has 1 amide bonds. The lowest BCUT2D eigenvalue weighted by atomic mass is 10.2. The maximum absolute atomic E-state index is 10.7. The standard InChI is InChI=1S/C8H14N2O3/c9-5-6(8(10)11)13-7-3-1-2-4-12-7/h5,7H,1-4,9H2,(H2,10,11)/b6-5+. The molecule has 1 heterocycles. The molecule has 5 heteroatoms. The van der Waals surface area contributed by atoms with Gasteiger partial charge in [0.2, 0.25) is 5.76 Å². The van der Waals surface area contributed by atoms with Crippen LogP contribution in [0.2, 0.25) is 0 Å². The second-order valence-corrected chi connectivity index (χ2v) is 2.81. The third-order valence-corrected chi connectivity index (χ3v) is 1.79. The van der Waals surface area contributed by atoms with Crippen molar-refractivity contribution in [3.8, 4) is 0 Å². The van der Waals surface area contributed by atoms with E-state index < -0.39 is 5.91 Å². The van der Waals surface area contributed by atoms with Crippen LogP contribution in [0.5, 0.6) is 0 Å². The Labute approximate surface area is 76.7 Å². The Bertz CT molecular complexity index is 209. The highest BCUT2D eigenvalue weighted by molar-refractivity contribution is 5.89. The SMILES string of the molecule is N/C=C(/OC1CCCCO1)C(N)=O. The molecule has 1 rings (SSSR count). The van der Waals surface area contributed by atoms with Crippen molar-refractivity contribution >= 4 is 5.91 Å². The smallest absolute Gasteiger partial charge is 0.285 e. The van der Waals surface area contributed by atoms with Crippen molar-refractivity contribution in [3.05, 3.63) is 12.0 Å². The molecule has 0 bridgehead atoms. The molecule has 0 aliphatic carbocycles. The molecule has 1 aliphatic rings. The van der Waals surface area contributed by atoms with Crippen LogP contribution in [0, 0.1) is 0 Å². The average Bonchev–Trinajstić information content (AvgIpc) is 2.15. The van der Waals surface area contributed by atoms with E-state index in [1.807, 2.05) is 0 Å². The third kappa shape index (κ3) is 2.95. The summed E-state index contributed by atoms with van der Waals surface area (Å²) in [5.74, 6) is -0.705. The summed E-state index contributed by atoms with van der Waals surface area (Å²) < 4.78 is 10.4. The molecular weight excluding hydrogens is 172 g/mol. The van der Waals surface area contributed by atoms with E-state index in [-0.39, 0.29) is 12.0 Å². The predicted molar refractivity (Wildman–Crippen MR) is 46.1 cm³/mol. The summed E-state index contributed by atoms with van der Waals surface area (Å²) in [6, 6.07) is 0. The number of nitrogens with two attached hydrogens (primary N) is 2. The molecule has 1 atom stereocenters. The van der Waals surface area contributed by atoms with E-state index in [1.54, 1.807) is 0 Å². The molecular formula is C8H14N2O3. The van der Waals surface area contributed by atoms with Crippen molar-refractivity contribution in [1.29, 1.82) is 0 Å². The Balaban J connectivity index is 2.41. The first kappa shape index (κ1) is 9.85. The minimum atomic E-state index is -0.670. The van der Waals surface area contributed by atoms with Crippen LogP contribution in [-0.2, 0) is 14.3 Å².